The van der Waals surface area contributed by atoms with E-state index in [1.54, 1.807) is 0 Å². The zero-order valence-electron chi connectivity index (χ0n) is 3.89. The van der Waals surface area contributed by atoms with Gasteiger partial charge in [0.25, 0.3) is 0 Å². The van der Waals surface area contributed by atoms with E-state index in [4.69, 9.17) is 0 Å². The highest BCUT2D eigenvalue weighted by Gasteiger charge is 2.20. The minimum Gasteiger partial charge on any atom is -0.129 e. The lowest BCUT2D eigenvalue weighted by atomic mass is 10.4. The maximum Gasteiger partial charge on any atom is 0.00881 e. The highest BCUT2D eigenvalue weighted by atomic mass is 31.0. The summed E-state index contributed by atoms with van der Waals surface area (Å²) < 4.78 is 0. The Bertz CT molecular complexity index is 55.1. The molecule has 2 unspecified atom stereocenters. The van der Waals surface area contributed by atoms with Gasteiger partial charge in [-0.3, -0.25) is 0 Å². The lowest BCUT2D eigenvalue weighted by molar-refractivity contribution is 1.49. The number of rotatable bonds is 0. The summed E-state index contributed by atoms with van der Waals surface area (Å²) in [6.45, 7) is 0. The average molecular weight is 129 g/mol. The van der Waals surface area contributed by atoms with Crippen molar-refractivity contribution in [3.63, 3.8) is 0 Å². The Kier molecular flexibility index (Phi) is 2.07. The molecule has 1 aliphatic rings. The molecule has 2 atom stereocenters. The van der Waals surface area contributed by atoms with Gasteiger partial charge in [0.15, 0.2) is 0 Å². The van der Waals surface area contributed by atoms with Gasteiger partial charge in [0.05, 0.1) is 0 Å². The van der Waals surface area contributed by atoms with E-state index in [0.29, 0.717) is 0 Å². The predicted octanol–water partition coefficient (Wildman–Crippen LogP) is 1.43. The molecular weight excluding hydrogens is 122 g/mol. The Balaban J connectivity index is 2.33. The van der Waals surface area contributed by atoms with Crippen molar-refractivity contribution >= 4 is 18.5 Å². The Labute approximate surface area is 49.9 Å². The van der Waals surface area contributed by atoms with Gasteiger partial charge in [0, 0.05) is 11.3 Å². The molecule has 5 radical (unpaired) electrons. The van der Waals surface area contributed by atoms with Crippen molar-refractivity contribution in [3.05, 3.63) is 30.6 Å². The van der Waals surface area contributed by atoms with E-state index in [-0.39, 0.29) is 0 Å². The molecule has 1 aliphatic carbocycles. The molecule has 0 aliphatic heterocycles. The fourth-order valence-corrected chi connectivity index (χ4v) is 0.863. The van der Waals surface area contributed by atoms with Crippen molar-refractivity contribution in [1.82, 2.24) is 0 Å². The second-order valence-electron chi connectivity index (χ2n) is 1.44. The van der Waals surface area contributed by atoms with Crippen LogP contribution in [0.1, 0.15) is 0 Å². The van der Waals surface area contributed by atoms with Gasteiger partial charge < -0.3 is 0 Å². The number of hydrogen-bond donors (Lipinski definition) is 0. The van der Waals surface area contributed by atoms with E-state index in [9.17, 15) is 0 Å². The monoisotopic (exact) mass is 129 g/mol. The molecule has 1 rings (SSSR count). The largest absolute Gasteiger partial charge is 0.129 e. The standard InChI is InChI=1S/C5H7P2/c6-4-2-1-3-5(4)7/h1-3H,6-7H2. The first kappa shape index (κ1) is 5.99. The molecule has 37 valence electrons. The Hall–Kier alpha value is 0.860. The maximum absolute atomic E-state index is 2.65. The van der Waals surface area contributed by atoms with Gasteiger partial charge in [-0.1, -0.05) is 0 Å². The van der Waals surface area contributed by atoms with Crippen LogP contribution >= 0.6 is 18.5 Å². The highest BCUT2D eigenvalue weighted by molar-refractivity contribution is 7.28. The van der Waals surface area contributed by atoms with Crippen LogP contribution < -0.4 is 0 Å². The lowest BCUT2D eigenvalue weighted by Crippen LogP contribution is -1.82. The summed E-state index contributed by atoms with van der Waals surface area (Å²) in [4.78, 5) is 0. The summed E-state index contributed by atoms with van der Waals surface area (Å²) >= 11 is 0. The Morgan fingerprint density at radius 2 is 1.43 bits per heavy atom. The average Bonchev–Trinajstić information content (AvgIpc) is 1.91. The summed E-state index contributed by atoms with van der Waals surface area (Å²) in [6, 6.07) is 0. The maximum atomic E-state index is 2.65. The van der Waals surface area contributed by atoms with Crippen molar-refractivity contribution in [2.24, 2.45) is 0 Å². The van der Waals surface area contributed by atoms with Gasteiger partial charge in [-0.15, -0.1) is 18.5 Å². The zero-order valence-corrected chi connectivity index (χ0v) is 6.20. The van der Waals surface area contributed by atoms with Gasteiger partial charge in [-0.2, -0.15) is 0 Å². The SMILES string of the molecule is P[C]1[CH][CH][CH][C]1P. The first-order chi connectivity index (χ1) is 3.30. The number of hydrogen-bond acceptors (Lipinski definition) is 0. The molecule has 0 saturated heterocycles. The first-order valence-corrected chi connectivity index (χ1v) is 3.23. The van der Waals surface area contributed by atoms with E-state index in [1.165, 1.54) is 11.3 Å². The molecule has 0 aromatic heterocycles. The van der Waals surface area contributed by atoms with Crippen LogP contribution in [0.25, 0.3) is 0 Å². The molecule has 0 bridgehead atoms. The van der Waals surface area contributed by atoms with Crippen molar-refractivity contribution < 1.29 is 0 Å². The van der Waals surface area contributed by atoms with E-state index in [0.717, 1.165) is 0 Å². The molecule has 2 heteroatoms. The normalized spacial score (nSPS) is 26.6. The third kappa shape index (κ3) is 1.37. The Morgan fingerprint density at radius 1 is 1.00 bits per heavy atom. The summed E-state index contributed by atoms with van der Waals surface area (Å²) in [5, 5.41) is 0. The molecule has 0 nitrogen and oxygen atoms in total. The van der Waals surface area contributed by atoms with Crippen molar-refractivity contribution in [1.29, 1.82) is 0 Å². The molecule has 0 aromatic rings. The zero-order chi connectivity index (χ0) is 5.28. The quantitative estimate of drug-likeness (QED) is 0.434. The summed E-state index contributed by atoms with van der Waals surface area (Å²) in [6.07, 6.45) is 6.16. The Morgan fingerprint density at radius 3 is 1.57 bits per heavy atom. The molecule has 1 saturated carbocycles. The van der Waals surface area contributed by atoms with Gasteiger partial charge in [-0.05, 0) is 19.3 Å². The summed E-state index contributed by atoms with van der Waals surface area (Å²) in [5.41, 5.74) is 2.54. The third-order valence-electron chi connectivity index (χ3n) is 0.885. The van der Waals surface area contributed by atoms with Gasteiger partial charge >= 0.3 is 0 Å². The second-order valence-corrected chi connectivity index (χ2v) is 2.68. The van der Waals surface area contributed by atoms with Crippen molar-refractivity contribution in [3.8, 4) is 0 Å². The molecule has 0 aromatic carbocycles. The third-order valence-corrected chi connectivity index (χ3v) is 2.27. The molecule has 0 N–H and O–H groups in total. The van der Waals surface area contributed by atoms with E-state index in [2.05, 4.69) is 31.3 Å². The minimum absolute atomic E-state index is 1.27. The van der Waals surface area contributed by atoms with Crippen LogP contribution in [0, 0.1) is 30.6 Å². The van der Waals surface area contributed by atoms with Crippen LogP contribution in [0.3, 0.4) is 0 Å². The van der Waals surface area contributed by atoms with Crippen LogP contribution in [-0.2, 0) is 0 Å². The minimum atomic E-state index is 1.27. The van der Waals surface area contributed by atoms with E-state index >= 15 is 0 Å². The van der Waals surface area contributed by atoms with Crippen LogP contribution in [0.5, 0.6) is 0 Å². The van der Waals surface area contributed by atoms with Crippen molar-refractivity contribution in [2.45, 2.75) is 0 Å². The molecule has 0 amide bonds. The predicted molar refractivity (Wildman–Crippen MR) is 38.8 cm³/mol. The van der Waals surface area contributed by atoms with Crippen LogP contribution in [-0.4, -0.2) is 0 Å². The molecule has 0 spiro atoms. The van der Waals surface area contributed by atoms with Gasteiger partial charge in [-0.25, -0.2) is 0 Å². The molecule has 1 fully saturated rings. The molecular formula is C5H7P2. The smallest absolute Gasteiger partial charge is 0.00881 e. The van der Waals surface area contributed by atoms with Crippen molar-refractivity contribution in [2.75, 3.05) is 0 Å². The summed E-state index contributed by atoms with van der Waals surface area (Å²) in [5.74, 6) is 0. The molecule has 0 heterocycles. The highest BCUT2D eigenvalue weighted by Crippen LogP contribution is 2.41. The summed E-state index contributed by atoms with van der Waals surface area (Å²) in [7, 11) is 5.31. The fraction of sp³-hybridized carbons (Fsp3) is 0. The van der Waals surface area contributed by atoms with Gasteiger partial charge in [0.2, 0.25) is 0 Å². The van der Waals surface area contributed by atoms with Gasteiger partial charge in [0.1, 0.15) is 0 Å². The van der Waals surface area contributed by atoms with Crippen LogP contribution in [0.15, 0.2) is 0 Å². The van der Waals surface area contributed by atoms with Crippen LogP contribution in [0.4, 0.5) is 0 Å². The second kappa shape index (κ2) is 2.42. The van der Waals surface area contributed by atoms with E-state index in [1.807, 2.05) is 6.42 Å². The topological polar surface area (TPSA) is 0 Å². The van der Waals surface area contributed by atoms with Crippen LogP contribution in [0.2, 0.25) is 0 Å². The first-order valence-electron chi connectivity index (χ1n) is 2.07. The molecule has 7 heavy (non-hydrogen) atoms. The van der Waals surface area contributed by atoms with E-state index < -0.39 is 0 Å². The lowest BCUT2D eigenvalue weighted by Gasteiger charge is -2.02. The fourth-order valence-electron chi connectivity index (χ4n) is 0.448.